The van der Waals surface area contributed by atoms with Crippen molar-refractivity contribution in [2.24, 2.45) is 0 Å². The maximum absolute atomic E-state index is 10.6. The molecule has 14 heavy (non-hydrogen) atoms. The lowest BCUT2D eigenvalue weighted by Gasteiger charge is -1.86. The third-order valence-corrected chi connectivity index (χ3v) is 1.74. The summed E-state index contributed by atoms with van der Waals surface area (Å²) in [5.74, 6) is -1.00. The van der Waals surface area contributed by atoms with Gasteiger partial charge in [0, 0.05) is 6.20 Å². The Morgan fingerprint density at radius 3 is 2.93 bits per heavy atom. The molecule has 72 valence electrons. The molecule has 2 aromatic rings. The first-order chi connectivity index (χ1) is 6.68. The second kappa shape index (κ2) is 2.99. The molecule has 0 spiro atoms. The van der Waals surface area contributed by atoms with Gasteiger partial charge in [-0.2, -0.15) is 5.10 Å². The van der Waals surface area contributed by atoms with E-state index < -0.39 is 5.97 Å². The first-order valence-electron chi connectivity index (χ1n) is 3.88. The number of oxazole rings is 1. The van der Waals surface area contributed by atoms with Crippen molar-refractivity contribution in [3.05, 3.63) is 23.8 Å². The van der Waals surface area contributed by atoms with Crippen molar-refractivity contribution in [2.75, 3.05) is 0 Å². The highest BCUT2D eigenvalue weighted by Gasteiger charge is 2.17. The zero-order chi connectivity index (χ0) is 10.1. The molecule has 0 unspecified atom stereocenters. The smallest absolute Gasteiger partial charge is 0.373 e. The Hall–Kier alpha value is -2.11. The van der Waals surface area contributed by atoms with Gasteiger partial charge >= 0.3 is 5.97 Å². The number of hydrogen-bond donors (Lipinski definition) is 2. The van der Waals surface area contributed by atoms with Crippen LogP contribution in [0, 0.1) is 6.92 Å². The monoisotopic (exact) mass is 193 g/mol. The minimum atomic E-state index is -1.12. The minimum absolute atomic E-state index is 0.138. The number of H-pyrrole nitrogens is 1. The molecule has 0 saturated carbocycles. The molecule has 0 radical (unpaired) electrons. The predicted molar refractivity (Wildman–Crippen MR) is 45.8 cm³/mol. The second-order valence-electron chi connectivity index (χ2n) is 2.73. The summed E-state index contributed by atoms with van der Waals surface area (Å²) in [6.45, 7) is 1.58. The lowest BCUT2D eigenvalue weighted by atomic mass is 10.4. The van der Waals surface area contributed by atoms with Crippen LogP contribution in [0.5, 0.6) is 0 Å². The Balaban J connectivity index is 2.48. The molecule has 0 aliphatic heterocycles. The zero-order valence-corrected chi connectivity index (χ0v) is 7.31. The van der Waals surface area contributed by atoms with Gasteiger partial charge in [-0.15, -0.1) is 0 Å². The van der Waals surface area contributed by atoms with E-state index in [0.717, 1.165) is 0 Å². The van der Waals surface area contributed by atoms with Crippen LogP contribution in [0.15, 0.2) is 16.8 Å². The third-order valence-electron chi connectivity index (χ3n) is 1.74. The number of carboxylic acid groups (broad SMARTS) is 1. The summed E-state index contributed by atoms with van der Waals surface area (Å²) in [6.07, 6.45) is 3.09. The number of carboxylic acids is 1. The highest BCUT2D eigenvalue weighted by molar-refractivity contribution is 5.86. The molecule has 2 rings (SSSR count). The van der Waals surface area contributed by atoms with Gasteiger partial charge in [0.1, 0.15) is 0 Å². The van der Waals surface area contributed by atoms with Crippen LogP contribution >= 0.6 is 0 Å². The van der Waals surface area contributed by atoms with Crippen molar-refractivity contribution in [1.82, 2.24) is 15.2 Å². The number of carbonyl (C=O) groups is 1. The summed E-state index contributed by atoms with van der Waals surface area (Å²) >= 11 is 0. The van der Waals surface area contributed by atoms with Crippen LogP contribution in [0.4, 0.5) is 0 Å². The normalized spacial score (nSPS) is 10.4. The molecule has 0 aliphatic carbocycles. The van der Waals surface area contributed by atoms with Gasteiger partial charge in [0.25, 0.3) is 0 Å². The molecule has 0 fully saturated rings. The fourth-order valence-corrected chi connectivity index (χ4v) is 1.09. The summed E-state index contributed by atoms with van der Waals surface area (Å²) in [5, 5.41) is 15.0. The van der Waals surface area contributed by atoms with Gasteiger partial charge in [-0.3, -0.25) is 5.10 Å². The number of hydrogen-bond acceptors (Lipinski definition) is 4. The molecular weight excluding hydrogens is 186 g/mol. The van der Waals surface area contributed by atoms with Gasteiger partial charge in [0.05, 0.1) is 17.5 Å². The summed E-state index contributed by atoms with van der Waals surface area (Å²) in [6, 6.07) is 0. The van der Waals surface area contributed by atoms with E-state index in [1.165, 1.54) is 6.20 Å². The van der Waals surface area contributed by atoms with Crippen LogP contribution in [0.1, 0.15) is 16.2 Å². The van der Waals surface area contributed by atoms with E-state index in [0.29, 0.717) is 11.3 Å². The van der Waals surface area contributed by atoms with Gasteiger partial charge in [-0.25, -0.2) is 9.78 Å². The topological polar surface area (TPSA) is 92.0 Å². The number of nitrogens with zero attached hydrogens (tertiary/aromatic N) is 2. The van der Waals surface area contributed by atoms with Gasteiger partial charge in [-0.1, -0.05) is 0 Å². The summed E-state index contributed by atoms with van der Waals surface area (Å²) in [5.41, 5.74) is 0.981. The van der Waals surface area contributed by atoms with Gasteiger partial charge < -0.3 is 9.52 Å². The number of aromatic nitrogens is 3. The zero-order valence-electron chi connectivity index (χ0n) is 7.31. The van der Waals surface area contributed by atoms with Crippen molar-refractivity contribution >= 4 is 5.97 Å². The molecule has 2 aromatic heterocycles. The van der Waals surface area contributed by atoms with Crippen molar-refractivity contribution in [3.63, 3.8) is 0 Å². The average molecular weight is 193 g/mol. The molecule has 0 bridgehead atoms. The first kappa shape index (κ1) is 8.49. The van der Waals surface area contributed by atoms with Crippen molar-refractivity contribution in [3.8, 4) is 11.5 Å². The number of aromatic carboxylic acids is 1. The minimum Gasteiger partial charge on any atom is -0.475 e. The Kier molecular flexibility index (Phi) is 1.81. The Labute approximate surface area is 78.6 Å². The summed E-state index contributed by atoms with van der Waals surface area (Å²) in [4.78, 5) is 14.6. The fourth-order valence-electron chi connectivity index (χ4n) is 1.09. The molecule has 2 heterocycles. The van der Waals surface area contributed by atoms with E-state index in [1.807, 2.05) is 0 Å². The van der Waals surface area contributed by atoms with E-state index in [2.05, 4.69) is 15.2 Å². The SMILES string of the molecule is Cc1nc(-c2cn[nH]c2)oc1C(=O)O. The standard InChI is InChI=1S/C8H7N3O3/c1-4-6(8(12)13)14-7(11-4)5-2-9-10-3-5/h2-3H,1H3,(H,9,10)(H,12,13). The van der Waals surface area contributed by atoms with Gasteiger partial charge in [0.15, 0.2) is 0 Å². The maximum atomic E-state index is 10.6. The van der Waals surface area contributed by atoms with E-state index in [1.54, 1.807) is 13.1 Å². The van der Waals surface area contributed by atoms with Crippen LogP contribution in [-0.2, 0) is 0 Å². The Bertz CT molecular complexity index is 458. The summed E-state index contributed by atoms with van der Waals surface area (Å²) < 4.78 is 5.05. The van der Waals surface area contributed by atoms with Crippen LogP contribution in [0.3, 0.4) is 0 Å². The molecule has 0 atom stereocenters. The van der Waals surface area contributed by atoms with E-state index in [9.17, 15) is 4.79 Å². The van der Waals surface area contributed by atoms with Gasteiger partial charge in [-0.05, 0) is 6.92 Å². The lowest BCUT2D eigenvalue weighted by molar-refractivity contribution is 0.0662. The lowest BCUT2D eigenvalue weighted by Crippen LogP contribution is -1.95. The quantitative estimate of drug-likeness (QED) is 0.744. The molecular formula is C8H7N3O3. The van der Waals surface area contributed by atoms with E-state index >= 15 is 0 Å². The molecule has 6 nitrogen and oxygen atoms in total. The van der Waals surface area contributed by atoms with Crippen molar-refractivity contribution < 1.29 is 14.3 Å². The highest BCUT2D eigenvalue weighted by Crippen LogP contribution is 2.20. The second-order valence-corrected chi connectivity index (χ2v) is 2.73. The van der Waals surface area contributed by atoms with E-state index in [4.69, 9.17) is 9.52 Å². The van der Waals surface area contributed by atoms with Crippen LogP contribution in [0.2, 0.25) is 0 Å². The average Bonchev–Trinajstić information content (AvgIpc) is 2.70. The number of nitrogens with one attached hydrogen (secondary N) is 1. The molecule has 0 aromatic carbocycles. The van der Waals surface area contributed by atoms with Crippen LogP contribution in [-0.4, -0.2) is 26.3 Å². The fraction of sp³-hybridized carbons (Fsp3) is 0.125. The molecule has 0 saturated heterocycles. The largest absolute Gasteiger partial charge is 0.475 e. The number of aryl methyl sites for hydroxylation is 1. The first-order valence-corrected chi connectivity index (χ1v) is 3.88. The molecule has 6 heteroatoms. The molecule has 0 aliphatic rings. The van der Waals surface area contributed by atoms with Crippen LogP contribution in [0.25, 0.3) is 11.5 Å². The van der Waals surface area contributed by atoms with Crippen LogP contribution < -0.4 is 0 Å². The molecule has 2 N–H and O–H groups in total. The summed E-state index contributed by atoms with van der Waals surface area (Å²) in [7, 11) is 0. The third kappa shape index (κ3) is 1.26. The predicted octanol–water partition coefficient (Wildman–Crippen LogP) is 1.07. The Morgan fingerprint density at radius 1 is 1.64 bits per heavy atom. The van der Waals surface area contributed by atoms with Gasteiger partial charge in [0.2, 0.25) is 11.7 Å². The van der Waals surface area contributed by atoms with Crippen molar-refractivity contribution in [1.29, 1.82) is 0 Å². The Morgan fingerprint density at radius 2 is 2.43 bits per heavy atom. The van der Waals surface area contributed by atoms with E-state index in [-0.39, 0.29) is 11.7 Å². The number of rotatable bonds is 2. The number of aromatic amines is 1. The molecule has 0 amide bonds. The highest BCUT2D eigenvalue weighted by atomic mass is 16.4. The van der Waals surface area contributed by atoms with Crippen molar-refractivity contribution in [2.45, 2.75) is 6.92 Å². The maximum Gasteiger partial charge on any atom is 0.373 e.